The molecule has 4 N–H and O–H groups in total. The first kappa shape index (κ1) is 18.2. The van der Waals surface area contributed by atoms with Gasteiger partial charge < -0.3 is 15.7 Å². The molecule has 0 aliphatic carbocycles. The number of amides is 1. The van der Waals surface area contributed by atoms with E-state index in [2.05, 4.69) is 23.4 Å². The van der Waals surface area contributed by atoms with Gasteiger partial charge in [0.15, 0.2) is 0 Å². The molecule has 6 heteroatoms. The predicted octanol–water partition coefficient (Wildman–Crippen LogP) is 1.92. The number of carbonyl (C=O) groups excluding carboxylic acids is 1. The summed E-state index contributed by atoms with van der Waals surface area (Å²) in [6, 6.07) is 7.22. The Morgan fingerprint density at radius 3 is 2.74 bits per heavy atom. The number of aromatic amines is 1. The molecular formula is C17H22N4O2. The van der Waals surface area contributed by atoms with E-state index in [1.807, 2.05) is 24.1 Å². The van der Waals surface area contributed by atoms with Gasteiger partial charge >= 0.3 is 0 Å². The molecule has 0 saturated heterocycles. The number of hydrogen-bond acceptors (Lipinski definition) is 4. The summed E-state index contributed by atoms with van der Waals surface area (Å²) in [6.45, 7) is 7.95. The highest BCUT2D eigenvalue weighted by atomic mass is 16.3. The minimum absolute atomic E-state index is 0.0441. The summed E-state index contributed by atoms with van der Waals surface area (Å²) in [4.78, 5) is 13.1. The van der Waals surface area contributed by atoms with Crippen LogP contribution in [-0.4, -0.2) is 39.7 Å². The van der Waals surface area contributed by atoms with Gasteiger partial charge in [-0.2, -0.15) is 5.10 Å². The normalized spacial score (nSPS) is 9.48. The van der Waals surface area contributed by atoms with Gasteiger partial charge in [-0.1, -0.05) is 30.9 Å². The van der Waals surface area contributed by atoms with Crippen LogP contribution in [0.2, 0.25) is 0 Å². The fraction of sp³-hybridized carbons (Fsp3) is 0.176. The average molecular weight is 314 g/mol. The van der Waals surface area contributed by atoms with E-state index in [-0.39, 0.29) is 12.3 Å². The van der Waals surface area contributed by atoms with Crippen molar-refractivity contribution in [3.05, 3.63) is 67.2 Å². The number of nitrogens with one attached hydrogen (secondary N) is 1. The Kier molecular flexibility index (Phi) is 7.29. The lowest BCUT2D eigenvalue weighted by Crippen LogP contribution is -2.12. The van der Waals surface area contributed by atoms with Crippen LogP contribution >= 0.6 is 0 Å². The highest BCUT2D eigenvalue weighted by Crippen LogP contribution is 2.22. The Morgan fingerprint density at radius 2 is 2.22 bits per heavy atom. The summed E-state index contributed by atoms with van der Waals surface area (Å²) in [5, 5.41) is 15.4. The minimum atomic E-state index is -0.554. The molecule has 0 bridgehead atoms. The molecule has 2 aromatic rings. The summed E-state index contributed by atoms with van der Waals surface area (Å²) in [6.07, 6.45) is 5.14. The lowest BCUT2D eigenvalue weighted by Gasteiger charge is -2.07. The van der Waals surface area contributed by atoms with Gasteiger partial charge in [-0.05, 0) is 23.4 Å². The Balaban J connectivity index is 0.000000322. The van der Waals surface area contributed by atoms with Gasteiger partial charge in [0.25, 0.3) is 5.91 Å². The molecule has 0 radical (unpaired) electrons. The molecule has 1 aromatic carbocycles. The topological polar surface area (TPSA) is 95.2 Å². The second-order valence-electron chi connectivity index (χ2n) is 4.79. The van der Waals surface area contributed by atoms with E-state index in [1.165, 1.54) is 6.20 Å². The van der Waals surface area contributed by atoms with Crippen LogP contribution in [0.3, 0.4) is 0 Å². The van der Waals surface area contributed by atoms with Gasteiger partial charge in [0.1, 0.15) is 5.69 Å². The second kappa shape index (κ2) is 9.22. The van der Waals surface area contributed by atoms with E-state index in [4.69, 9.17) is 10.8 Å². The molecule has 0 aliphatic heterocycles. The molecule has 1 heterocycles. The van der Waals surface area contributed by atoms with Crippen LogP contribution in [0.25, 0.3) is 11.1 Å². The first-order valence-corrected chi connectivity index (χ1v) is 7.00. The number of aromatic nitrogens is 2. The molecule has 23 heavy (non-hydrogen) atoms. The van der Waals surface area contributed by atoms with Gasteiger partial charge in [0.2, 0.25) is 0 Å². The van der Waals surface area contributed by atoms with Gasteiger partial charge in [0, 0.05) is 19.2 Å². The van der Waals surface area contributed by atoms with Crippen molar-refractivity contribution in [3.8, 4) is 11.1 Å². The lowest BCUT2D eigenvalue weighted by atomic mass is 10.0. The van der Waals surface area contributed by atoms with E-state index in [9.17, 15) is 4.79 Å². The van der Waals surface area contributed by atoms with Gasteiger partial charge in [-0.25, -0.2) is 0 Å². The highest BCUT2D eigenvalue weighted by molar-refractivity contribution is 5.97. The fourth-order valence-corrected chi connectivity index (χ4v) is 1.81. The van der Waals surface area contributed by atoms with Crippen LogP contribution in [0.5, 0.6) is 0 Å². The molecule has 1 amide bonds. The third-order valence-electron chi connectivity index (χ3n) is 3.04. The van der Waals surface area contributed by atoms with Crippen LogP contribution in [0.1, 0.15) is 16.1 Å². The number of primary amides is 1. The van der Waals surface area contributed by atoms with Crippen LogP contribution in [0, 0.1) is 0 Å². The number of carbonyl (C=O) groups is 1. The Labute approximate surface area is 135 Å². The minimum Gasteiger partial charge on any atom is -0.392 e. The summed E-state index contributed by atoms with van der Waals surface area (Å²) in [5.41, 5.74) is 7.69. The zero-order chi connectivity index (χ0) is 17.2. The van der Waals surface area contributed by atoms with Crippen molar-refractivity contribution in [2.45, 2.75) is 6.61 Å². The van der Waals surface area contributed by atoms with Crippen molar-refractivity contribution in [1.82, 2.24) is 15.1 Å². The third-order valence-corrected chi connectivity index (χ3v) is 3.04. The monoisotopic (exact) mass is 314 g/mol. The molecule has 6 nitrogen and oxygen atoms in total. The van der Waals surface area contributed by atoms with Crippen molar-refractivity contribution < 1.29 is 9.90 Å². The highest BCUT2D eigenvalue weighted by Gasteiger charge is 2.12. The third kappa shape index (κ3) is 5.44. The van der Waals surface area contributed by atoms with Gasteiger partial charge in [0.05, 0.1) is 12.8 Å². The van der Waals surface area contributed by atoms with E-state index >= 15 is 0 Å². The average Bonchev–Trinajstić information content (AvgIpc) is 3.05. The molecule has 0 atom stereocenters. The largest absolute Gasteiger partial charge is 0.392 e. The number of aliphatic hydroxyl groups excluding tert-OH is 1. The molecule has 2 rings (SSSR count). The number of likely N-dealkylation sites (N-methyl/N-ethyl adjacent to an activating group) is 1. The van der Waals surface area contributed by atoms with Crippen molar-refractivity contribution in [3.63, 3.8) is 0 Å². The molecule has 0 unspecified atom stereocenters. The summed E-state index contributed by atoms with van der Waals surface area (Å²) < 4.78 is 0. The smallest absolute Gasteiger partial charge is 0.267 e. The Hall–Kier alpha value is -2.86. The molecule has 0 spiro atoms. The summed E-state index contributed by atoms with van der Waals surface area (Å²) >= 11 is 0. The molecule has 0 fully saturated rings. The van der Waals surface area contributed by atoms with Crippen molar-refractivity contribution in [1.29, 1.82) is 0 Å². The molecule has 0 aliphatic rings. The SMILES string of the molecule is C=CCN(C)C=C.NC(=O)c1[nH]ncc1-c1cccc(CO)c1. The van der Waals surface area contributed by atoms with E-state index in [0.717, 1.165) is 17.7 Å². The zero-order valence-corrected chi connectivity index (χ0v) is 13.2. The van der Waals surface area contributed by atoms with Crippen LogP contribution in [0.15, 0.2) is 55.9 Å². The van der Waals surface area contributed by atoms with Crippen molar-refractivity contribution in [2.75, 3.05) is 13.6 Å². The standard InChI is InChI=1S/C11H11N3O2.C6H11N/c12-11(16)10-9(5-13-14-10)8-3-1-2-7(4-8)6-15;1-4-6-7(3)5-2/h1-5,15H,6H2,(H2,12,16)(H,13,14);4-5H,1-2,6H2,3H3. The first-order valence-electron chi connectivity index (χ1n) is 7.00. The predicted molar refractivity (Wildman–Crippen MR) is 91.5 cm³/mol. The van der Waals surface area contributed by atoms with E-state index < -0.39 is 5.91 Å². The number of nitrogens with two attached hydrogens (primary N) is 1. The summed E-state index contributed by atoms with van der Waals surface area (Å²) in [5.74, 6) is -0.554. The summed E-state index contributed by atoms with van der Waals surface area (Å²) in [7, 11) is 1.95. The molecule has 0 saturated carbocycles. The van der Waals surface area contributed by atoms with Crippen LogP contribution in [-0.2, 0) is 6.61 Å². The fourth-order valence-electron chi connectivity index (χ4n) is 1.81. The van der Waals surface area contributed by atoms with Gasteiger partial charge in [-0.15, -0.1) is 6.58 Å². The number of H-pyrrole nitrogens is 1. The van der Waals surface area contributed by atoms with Crippen LogP contribution < -0.4 is 5.73 Å². The number of nitrogens with zero attached hydrogens (tertiary/aromatic N) is 2. The van der Waals surface area contributed by atoms with E-state index in [0.29, 0.717) is 5.56 Å². The molecule has 1 aromatic heterocycles. The number of rotatable bonds is 6. The van der Waals surface area contributed by atoms with E-state index in [1.54, 1.807) is 24.4 Å². The van der Waals surface area contributed by atoms with Crippen LogP contribution in [0.4, 0.5) is 0 Å². The number of aliphatic hydroxyl groups is 1. The number of hydrogen-bond donors (Lipinski definition) is 3. The van der Waals surface area contributed by atoms with Gasteiger partial charge in [-0.3, -0.25) is 9.89 Å². The Morgan fingerprint density at radius 1 is 1.48 bits per heavy atom. The van der Waals surface area contributed by atoms with Crippen molar-refractivity contribution >= 4 is 5.91 Å². The van der Waals surface area contributed by atoms with Crippen molar-refractivity contribution in [2.24, 2.45) is 5.73 Å². The zero-order valence-electron chi connectivity index (χ0n) is 13.2. The maximum atomic E-state index is 11.1. The Bertz CT molecular complexity index is 664. The number of benzene rings is 1. The quantitative estimate of drug-likeness (QED) is 0.710. The maximum Gasteiger partial charge on any atom is 0.267 e. The molecular weight excluding hydrogens is 292 g/mol. The first-order chi connectivity index (χ1) is 11.0. The molecule has 122 valence electrons. The second-order valence-corrected chi connectivity index (χ2v) is 4.79. The maximum absolute atomic E-state index is 11.1. The lowest BCUT2D eigenvalue weighted by molar-refractivity contribution is 0.0996.